The number of piperidine rings is 1. The van der Waals surface area contributed by atoms with Crippen LogP contribution in [0.2, 0.25) is 0 Å². The van der Waals surface area contributed by atoms with Gasteiger partial charge in [0.05, 0.1) is 0 Å². The first-order valence-electron chi connectivity index (χ1n) is 8.12. The predicted octanol–water partition coefficient (Wildman–Crippen LogP) is 3.32. The number of nitrogens with two attached hydrogens (primary N) is 1. The van der Waals surface area contributed by atoms with Gasteiger partial charge in [0, 0.05) is 41.3 Å². The molecule has 2 aromatic rings. The molecule has 2 N–H and O–H groups in total. The van der Waals surface area contributed by atoms with E-state index in [-0.39, 0.29) is 11.9 Å². The molecule has 3 rings (SSSR count). The zero-order chi connectivity index (χ0) is 16.4. The van der Waals surface area contributed by atoms with Crippen LogP contribution in [0.25, 0.3) is 10.6 Å². The monoisotopic (exact) mass is 329 g/mol. The molecule has 1 aromatic heterocycles. The fourth-order valence-electron chi connectivity index (χ4n) is 3.18. The highest BCUT2D eigenvalue weighted by atomic mass is 32.1. The fraction of sp³-hybridized carbons (Fsp3) is 0.444. The zero-order valence-corrected chi connectivity index (χ0v) is 14.5. The number of thiazole rings is 1. The van der Waals surface area contributed by atoms with Crippen LogP contribution in [0.4, 0.5) is 0 Å². The van der Waals surface area contributed by atoms with Crippen molar-refractivity contribution in [1.82, 2.24) is 9.88 Å². The van der Waals surface area contributed by atoms with E-state index < -0.39 is 0 Å². The first-order valence-corrected chi connectivity index (χ1v) is 9.00. The molecule has 5 heteroatoms. The highest BCUT2D eigenvalue weighted by molar-refractivity contribution is 7.13. The molecule has 0 bridgehead atoms. The molecule has 0 radical (unpaired) electrons. The second-order valence-electron chi connectivity index (χ2n) is 6.39. The number of carbonyl (C=O) groups excluding carboxylic acids is 1. The molecule has 0 spiro atoms. The molecule has 2 heterocycles. The molecular weight excluding hydrogens is 306 g/mol. The van der Waals surface area contributed by atoms with Crippen LogP contribution >= 0.6 is 11.3 Å². The lowest BCUT2D eigenvalue weighted by atomic mass is 9.92. The molecule has 1 saturated heterocycles. The van der Waals surface area contributed by atoms with E-state index in [1.165, 1.54) is 0 Å². The van der Waals surface area contributed by atoms with Gasteiger partial charge in [-0.3, -0.25) is 4.79 Å². The SMILES string of the molecule is Cc1csc(-c2cccc(C(=O)N3CCC(C)CC3CN)c2)n1. The molecule has 1 aromatic carbocycles. The van der Waals surface area contributed by atoms with E-state index in [0.717, 1.165) is 41.2 Å². The van der Waals surface area contributed by atoms with Crippen LogP contribution in [0.3, 0.4) is 0 Å². The smallest absolute Gasteiger partial charge is 0.254 e. The minimum absolute atomic E-state index is 0.0856. The average molecular weight is 329 g/mol. The summed E-state index contributed by atoms with van der Waals surface area (Å²) in [5.74, 6) is 0.722. The Hall–Kier alpha value is -1.72. The number of rotatable bonds is 3. The summed E-state index contributed by atoms with van der Waals surface area (Å²) in [5, 5.41) is 2.99. The van der Waals surface area contributed by atoms with Gasteiger partial charge in [-0.15, -0.1) is 11.3 Å². The highest BCUT2D eigenvalue weighted by Gasteiger charge is 2.29. The van der Waals surface area contributed by atoms with Crippen LogP contribution in [0.1, 0.15) is 35.8 Å². The van der Waals surface area contributed by atoms with Gasteiger partial charge in [-0.1, -0.05) is 19.1 Å². The number of hydrogen-bond donors (Lipinski definition) is 1. The predicted molar refractivity (Wildman–Crippen MR) is 94.6 cm³/mol. The number of carbonyl (C=O) groups is 1. The van der Waals surface area contributed by atoms with Gasteiger partial charge in [-0.05, 0) is 37.8 Å². The van der Waals surface area contributed by atoms with Crippen molar-refractivity contribution >= 4 is 17.2 Å². The Morgan fingerprint density at radius 3 is 3.00 bits per heavy atom. The van der Waals surface area contributed by atoms with Gasteiger partial charge < -0.3 is 10.6 Å². The quantitative estimate of drug-likeness (QED) is 0.940. The molecule has 2 atom stereocenters. The van der Waals surface area contributed by atoms with Crippen molar-refractivity contribution in [1.29, 1.82) is 0 Å². The lowest BCUT2D eigenvalue weighted by Crippen LogP contribution is -2.49. The highest BCUT2D eigenvalue weighted by Crippen LogP contribution is 2.27. The Labute approximate surface area is 141 Å². The van der Waals surface area contributed by atoms with Crippen LogP contribution in [-0.4, -0.2) is 34.9 Å². The van der Waals surface area contributed by atoms with E-state index in [9.17, 15) is 4.79 Å². The van der Waals surface area contributed by atoms with Gasteiger partial charge in [0.1, 0.15) is 5.01 Å². The van der Waals surface area contributed by atoms with Crippen molar-refractivity contribution in [2.75, 3.05) is 13.1 Å². The number of aryl methyl sites for hydroxylation is 1. The Morgan fingerprint density at radius 1 is 1.48 bits per heavy atom. The van der Waals surface area contributed by atoms with Gasteiger partial charge in [0.2, 0.25) is 0 Å². The molecule has 2 unspecified atom stereocenters. The topological polar surface area (TPSA) is 59.2 Å². The molecule has 1 aliphatic rings. The summed E-state index contributed by atoms with van der Waals surface area (Å²) >= 11 is 1.61. The third-order valence-electron chi connectivity index (χ3n) is 4.49. The van der Waals surface area contributed by atoms with Crippen molar-refractivity contribution in [3.8, 4) is 10.6 Å². The van der Waals surface area contributed by atoms with Crippen LogP contribution in [-0.2, 0) is 0 Å². The summed E-state index contributed by atoms with van der Waals surface area (Å²) in [6.07, 6.45) is 2.04. The van der Waals surface area contributed by atoms with E-state index >= 15 is 0 Å². The number of benzene rings is 1. The fourth-order valence-corrected chi connectivity index (χ4v) is 3.97. The van der Waals surface area contributed by atoms with Crippen molar-refractivity contribution in [2.45, 2.75) is 32.7 Å². The third-order valence-corrected chi connectivity index (χ3v) is 5.50. The standard InChI is InChI=1S/C18H23N3OS/c1-12-6-7-21(16(8-12)10-19)18(22)15-5-3-4-14(9-15)17-20-13(2)11-23-17/h3-5,9,11-12,16H,6-8,10,19H2,1-2H3. The van der Waals surface area contributed by atoms with Crippen molar-refractivity contribution < 1.29 is 4.79 Å². The second-order valence-corrected chi connectivity index (χ2v) is 7.25. The first kappa shape index (κ1) is 16.1. The minimum atomic E-state index is 0.0856. The number of hydrogen-bond acceptors (Lipinski definition) is 4. The van der Waals surface area contributed by atoms with Gasteiger partial charge in [0.25, 0.3) is 5.91 Å². The number of likely N-dealkylation sites (tertiary alicyclic amines) is 1. The lowest BCUT2D eigenvalue weighted by Gasteiger charge is -2.38. The lowest BCUT2D eigenvalue weighted by molar-refractivity contribution is 0.0573. The van der Waals surface area contributed by atoms with Crippen molar-refractivity contribution in [3.63, 3.8) is 0 Å². The van der Waals surface area contributed by atoms with Gasteiger partial charge >= 0.3 is 0 Å². The van der Waals surface area contributed by atoms with E-state index in [4.69, 9.17) is 5.73 Å². The average Bonchev–Trinajstić information content (AvgIpc) is 3.01. The van der Waals surface area contributed by atoms with E-state index in [1.54, 1.807) is 11.3 Å². The van der Waals surface area contributed by atoms with Gasteiger partial charge in [-0.2, -0.15) is 0 Å². The number of amides is 1. The van der Waals surface area contributed by atoms with E-state index in [0.29, 0.717) is 12.5 Å². The maximum Gasteiger partial charge on any atom is 0.254 e. The molecule has 4 nitrogen and oxygen atoms in total. The Bertz CT molecular complexity index is 697. The molecule has 1 aliphatic heterocycles. The van der Waals surface area contributed by atoms with Crippen molar-refractivity contribution in [3.05, 3.63) is 40.9 Å². The van der Waals surface area contributed by atoms with Crippen LogP contribution in [0, 0.1) is 12.8 Å². The zero-order valence-electron chi connectivity index (χ0n) is 13.7. The molecular formula is C18H23N3OS. The maximum atomic E-state index is 12.9. The van der Waals surface area contributed by atoms with Crippen molar-refractivity contribution in [2.24, 2.45) is 11.7 Å². The molecule has 23 heavy (non-hydrogen) atoms. The molecule has 1 amide bonds. The number of nitrogens with zero attached hydrogens (tertiary/aromatic N) is 2. The van der Waals surface area contributed by atoms with E-state index in [1.807, 2.05) is 41.5 Å². The van der Waals surface area contributed by atoms with Gasteiger partial charge in [-0.25, -0.2) is 4.98 Å². The maximum absolute atomic E-state index is 12.9. The largest absolute Gasteiger partial charge is 0.334 e. The van der Waals surface area contributed by atoms with Crippen LogP contribution in [0.15, 0.2) is 29.6 Å². The Kier molecular flexibility index (Phi) is 4.78. The summed E-state index contributed by atoms with van der Waals surface area (Å²) in [4.78, 5) is 19.4. The van der Waals surface area contributed by atoms with Gasteiger partial charge in [0.15, 0.2) is 0 Å². The van der Waals surface area contributed by atoms with Crippen LogP contribution < -0.4 is 5.73 Å². The molecule has 122 valence electrons. The Morgan fingerprint density at radius 2 is 2.30 bits per heavy atom. The van der Waals surface area contributed by atoms with Crippen LogP contribution in [0.5, 0.6) is 0 Å². The minimum Gasteiger partial charge on any atom is -0.334 e. The molecule has 0 saturated carbocycles. The summed E-state index contributed by atoms with van der Waals surface area (Å²) in [6.45, 7) is 5.54. The summed E-state index contributed by atoms with van der Waals surface area (Å²) in [6, 6.07) is 7.93. The molecule has 1 fully saturated rings. The normalized spacial score (nSPS) is 21.4. The molecule has 0 aliphatic carbocycles. The third kappa shape index (κ3) is 3.46. The summed E-state index contributed by atoms with van der Waals surface area (Å²) < 4.78 is 0. The summed E-state index contributed by atoms with van der Waals surface area (Å²) in [5.41, 5.74) is 8.63. The van der Waals surface area contributed by atoms with E-state index in [2.05, 4.69) is 11.9 Å². The number of aromatic nitrogens is 1. The Balaban J connectivity index is 1.85. The first-order chi connectivity index (χ1) is 11.1. The summed E-state index contributed by atoms with van der Waals surface area (Å²) in [7, 11) is 0. The second kappa shape index (κ2) is 6.81.